The van der Waals surface area contributed by atoms with Gasteiger partial charge in [-0.15, -0.1) is 0 Å². The van der Waals surface area contributed by atoms with Gasteiger partial charge in [0.2, 0.25) is 0 Å². The van der Waals surface area contributed by atoms with Crippen LogP contribution in [0.25, 0.3) is 0 Å². The third-order valence-corrected chi connectivity index (χ3v) is 2.71. The molecular weight excluding hydrogens is 212 g/mol. The Balaban J connectivity index is 2.08. The lowest BCUT2D eigenvalue weighted by molar-refractivity contribution is -0.137. The molecule has 1 N–H and O–H groups in total. The van der Waals surface area contributed by atoms with Gasteiger partial charge in [0.25, 0.3) is 5.91 Å². The second-order valence-corrected chi connectivity index (χ2v) is 3.78. The number of likely N-dealkylation sites (tertiary alicyclic amines) is 1. The molecule has 2 heterocycles. The summed E-state index contributed by atoms with van der Waals surface area (Å²) in [5.41, 5.74) is 0.234. The van der Waals surface area contributed by atoms with Gasteiger partial charge < -0.3 is 14.5 Å². The highest BCUT2D eigenvalue weighted by Gasteiger charge is 2.31. The summed E-state index contributed by atoms with van der Waals surface area (Å²) in [7, 11) is 0. The topological polar surface area (TPSA) is 83.6 Å². The minimum absolute atomic E-state index is 0.0103. The zero-order valence-electron chi connectivity index (χ0n) is 8.63. The lowest BCUT2D eigenvalue weighted by atomic mass is 10.1. The second kappa shape index (κ2) is 4.34. The van der Waals surface area contributed by atoms with E-state index in [-0.39, 0.29) is 24.1 Å². The number of carboxylic acids is 1. The summed E-state index contributed by atoms with van der Waals surface area (Å²) in [5, 5.41) is 12.3. The van der Waals surface area contributed by atoms with Gasteiger partial charge in [-0.05, 0) is 12.8 Å². The van der Waals surface area contributed by atoms with Gasteiger partial charge in [-0.25, -0.2) is 0 Å². The molecule has 1 saturated heterocycles. The Bertz CT molecular complexity index is 388. The lowest BCUT2D eigenvalue weighted by Gasteiger charge is -2.22. The first-order valence-corrected chi connectivity index (χ1v) is 5.11. The van der Waals surface area contributed by atoms with Crippen molar-refractivity contribution in [3.05, 3.63) is 18.0 Å². The maximum atomic E-state index is 11.9. The largest absolute Gasteiger partial charge is 0.481 e. The minimum Gasteiger partial charge on any atom is -0.481 e. The van der Waals surface area contributed by atoms with Crippen molar-refractivity contribution in [2.24, 2.45) is 0 Å². The van der Waals surface area contributed by atoms with Crippen LogP contribution in [0.1, 0.15) is 29.8 Å². The molecule has 1 fully saturated rings. The van der Waals surface area contributed by atoms with Crippen molar-refractivity contribution in [3.8, 4) is 0 Å². The van der Waals surface area contributed by atoms with Gasteiger partial charge in [0.1, 0.15) is 6.26 Å². The lowest BCUT2D eigenvalue weighted by Crippen LogP contribution is -2.37. The zero-order chi connectivity index (χ0) is 11.5. The van der Waals surface area contributed by atoms with E-state index in [4.69, 9.17) is 5.11 Å². The molecule has 0 radical (unpaired) electrons. The highest BCUT2D eigenvalue weighted by Crippen LogP contribution is 2.21. The van der Waals surface area contributed by atoms with Crippen molar-refractivity contribution in [2.75, 3.05) is 6.54 Å². The number of carbonyl (C=O) groups excluding carboxylic acids is 1. The molecule has 1 aliphatic rings. The van der Waals surface area contributed by atoms with Gasteiger partial charge in [-0.2, -0.15) is 0 Å². The number of rotatable bonds is 3. The Kier molecular flexibility index (Phi) is 2.89. The number of aromatic nitrogens is 1. The molecule has 1 aliphatic heterocycles. The summed E-state index contributed by atoms with van der Waals surface area (Å²) < 4.78 is 4.60. The van der Waals surface area contributed by atoms with E-state index in [0.29, 0.717) is 6.54 Å². The van der Waals surface area contributed by atoms with Gasteiger partial charge in [0.15, 0.2) is 5.69 Å². The van der Waals surface area contributed by atoms with E-state index < -0.39 is 5.97 Å². The maximum Gasteiger partial charge on any atom is 0.305 e. The number of amides is 1. The average molecular weight is 224 g/mol. The van der Waals surface area contributed by atoms with Crippen molar-refractivity contribution in [3.63, 3.8) is 0 Å². The fourth-order valence-electron chi connectivity index (χ4n) is 1.99. The number of nitrogens with zero attached hydrogens (tertiary/aromatic N) is 2. The number of carbonyl (C=O) groups is 2. The van der Waals surface area contributed by atoms with Gasteiger partial charge >= 0.3 is 5.97 Å². The Labute approximate surface area is 91.8 Å². The highest BCUT2D eigenvalue weighted by atomic mass is 16.5. The van der Waals surface area contributed by atoms with Gasteiger partial charge in [0.05, 0.1) is 6.42 Å². The predicted molar refractivity (Wildman–Crippen MR) is 52.8 cm³/mol. The smallest absolute Gasteiger partial charge is 0.305 e. The van der Waals surface area contributed by atoms with Crippen molar-refractivity contribution < 1.29 is 19.2 Å². The van der Waals surface area contributed by atoms with Crippen LogP contribution in [0.4, 0.5) is 0 Å². The quantitative estimate of drug-likeness (QED) is 0.819. The van der Waals surface area contributed by atoms with E-state index in [1.165, 1.54) is 12.3 Å². The summed E-state index contributed by atoms with van der Waals surface area (Å²) in [6, 6.07) is 1.26. The summed E-state index contributed by atoms with van der Waals surface area (Å²) >= 11 is 0. The van der Waals surface area contributed by atoms with E-state index in [9.17, 15) is 9.59 Å². The molecule has 0 bridgehead atoms. The van der Waals surface area contributed by atoms with Crippen molar-refractivity contribution in [1.82, 2.24) is 10.1 Å². The molecule has 0 aromatic carbocycles. The number of hydrogen-bond acceptors (Lipinski definition) is 4. The SMILES string of the molecule is O=C(O)CC1CCCN1C(=O)c1ccon1. The first kappa shape index (κ1) is 10.7. The first-order chi connectivity index (χ1) is 7.68. The molecule has 1 unspecified atom stereocenters. The summed E-state index contributed by atoms with van der Waals surface area (Å²) in [6.45, 7) is 0.587. The van der Waals surface area contributed by atoms with Crippen LogP contribution >= 0.6 is 0 Å². The Morgan fingerprint density at radius 3 is 3.06 bits per heavy atom. The van der Waals surface area contributed by atoms with Crippen LogP contribution in [0.2, 0.25) is 0 Å². The molecule has 1 aromatic rings. The fourth-order valence-corrected chi connectivity index (χ4v) is 1.99. The second-order valence-electron chi connectivity index (χ2n) is 3.78. The van der Waals surface area contributed by atoms with Crippen molar-refractivity contribution in [2.45, 2.75) is 25.3 Å². The number of carboxylic acid groups (broad SMARTS) is 1. The van der Waals surface area contributed by atoms with E-state index in [0.717, 1.165) is 12.8 Å². The fraction of sp³-hybridized carbons (Fsp3) is 0.500. The molecule has 1 atom stereocenters. The molecule has 1 aromatic heterocycles. The molecule has 6 nitrogen and oxygen atoms in total. The van der Waals surface area contributed by atoms with Gasteiger partial charge in [-0.3, -0.25) is 9.59 Å². The molecular formula is C10H12N2O4. The zero-order valence-corrected chi connectivity index (χ0v) is 8.63. The van der Waals surface area contributed by atoms with Crippen molar-refractivity contribution in [1.29, 1.82) is 0 Å². The molecule has 1 amide bonds. The van der Waals surface area contributed by atoms with Gasteiger partial charge in [-0.1, -0.05) is 5.16 Å². The first-order valence-electron chi connectivity index (χ1n) is 5.11. The maximum absolute atomic E-state index is 11.9. The standard InChI is InChI=1S/C10H12N2O4/c13-9(14)6-7-2-1-4-12(7)10(15)8-3-5-16-11-8/h3,5,7H,1-2,4,6H2,(H,13,14). The highest BCUT2D eigenvalue weighted by molar-refractivity contribution is 5.92. The van der Waals surface area contributed by atoms with Crippen LogP contribution in [0.5, 0.6) is 0 Å². The average Bonchev–Trinajstić information content (AvgIpc) is 2.84. The monoisotopic (exact) mass is 224 g/mol. The molecule has 0 saturated carbocycles. The summed E-state index contributed by atoms with van der Waals surface area (Å²) in [4.78, 5) is 24.1. The van der Waals surface area contributed by atoms with E-state index in [1.807, 2.05) is 0 Å². The minimum atomic E-state index is -0.884. The summed E-state index contributed by atoms with van der Waals surface area (Å²) in [6.07, 6.45) is 2.89. The predicted octanol–water partition coefficient (Wildman–Crippen LogP) is 0.754. The van der Waals surface area contributed by atoms with Crippen LogP contribution in [0.15, 0.2) is 16.9 Å². The molecule has 0 spiro atoms. The van der Waals surface area contributed by atoms with Crippen LogP contribution in [0, 0.1) is 0 Å². The van der Waals surface area contributed by atoms with E-state index >= 15 is 0 Å². The van der Waals surface area contributed by atoms with Crippen LogP contribution < -0.4 is 0 Å². The van der Waals surface area contributed by atoms with E-state index in [1.54, 1.807) is 4.90 Å². The third kappa shape index (κ3) is 2.05. The molecule has 0 aliphatic carbocycles. The van der Waals surface area contributed by atoms with Crippen LogP contribution in [-0.4, -0.2) is 39.6 Å². The van der Waals surface area contributed by atoms with Crippen molar-refractivity contribution >= 4 is 11.9 Å². The molecule has 6 heteroatoms. The van der Waals surface area contributed by atoms with E-state index in [2.05, 4.69) is 9.68 Å². The Morgan fingerprint density at radius 2 is 2.44 bits per heavy atom. The van der Waals surface area contributed by atoms with Crippen LogP contribution in [-0.2, 0) is 4.79 Å². The molecule has 16 heavy (non-hydrogen) atoms. The number of aliphatic carboxylic acids is 1. The molecule has 2 rings (SSSR count). The Hall–Kier alpha value is -1.85. The summed E-state index contributed by atoms with van der Waals surface area (Å²) in [5.74, 6) is -1.14. The molecule has 86 valence electrons. The number of hydrogen-bond donors (Lipinski definition) is 1. The Morgan fingerprint density at radius 1 is 1.62 bits per heavy atom. The normalized spacial score (nSPS) is 20.0. The third-order valence-electron chi connectivity index (χ3n) is 2.71. The van der Waals surface area contributed by atoms with Crippen LogP contribution in [0.3, 0.4) is 0 Å². The van der Waals surface area contributed by atoms with Gasteiger partial charge in [0, 0.05) is 18.7 Å².